The molecule has 0 aromatic heterocycles. The molecule has 0 aliphatic carbocycles. The standard InChI is InChI=1S/C15H13ClF3N/c16-14-9-10(7-8-20)1-6-13(14)11-2-4-12(5-3-11)15(17,18)19/h1-6,9H,7-8,20H2. The number of alkyl halides is 3. The van der Waals surface area contributed by atoms with Gasteiger partial charge in [0.15, 0.2) is 0 Å². The number of hydrogen-bond donors (Lipinski definition) is 1. The van der Waals surface area contributed by atoms with E-state index in [2.05, 4.69) is 0 Å². The number of nitrogens with two attached hydrogens (primary N) is 1. The summed E-state index contributed by atoms with van der Waals surface area (Å²) in [5, 5.41) is 0.510. The Morgan fingerprint density at radius 3 is 2.15 bits per heavy atom. The molecule has 0 aliphatic heterocycles. The fourth-order valence-corrected chi connectivity index (χ4v) is 2.27. The summed E-state index contributed by atoms with van der Waals surface area (Å²) in [7, 11) is 0. The van der Waals surface area contributed by atoms with E-state index in [9.17, 15) is 13.2 Å². The maximum Gasteiger partial charge on any atom is 0.416 e. The van der Waals surface area contributed by atoms with Crippen LogP contribution >= 0.6 is 11.6 Å². The minimum absolute atomic E-state index is 0.510. The summed E-state index contributed by atoms with van der Waals surface area (Å²) in [6.45, 7) is 0.524. The Kier molecular flexibility index (Phi) is 4.35. The molecule has 5 heteroatoms. The van der Waals surface area contributed by atoms with Crippen molar-refractivity contribution in [1.29, 1.82) is 0 Å². The Labute approximate surface area is 120 Å². The van der Waals surface area contributed by atoms with Crippen molar-refractivity contribution in [3.05, 3.63) is 58.6 Å². The van der Waals surface area contributed by atoms with Crippen LogP contribution in [-0.2, 0) is 12.6 Å². The molecule has 0 aliphatic rings. The first kappa shape index (κ1) is 14.9. The average molecular weight is 300 g/mol. The zero-order chi connectivity index (χ0) is 14.8. The minimum atomic E-state index is -4.33. The van der Waals surface area contributed by atoms with Crippen molar-refractivity contribution in [1.82, 2.24) is 0 Å². The average Bonchev–Trinajstić information content (AvgIpc) is 2.38. The second-order valence-corrected chi connectivity index (χ2v) is 4.84. The summed E-state index contributed by atoms with van der Waals surface area (Å²) < 4.78 is 37.5. The van der Waals surface area contributed by atoms with Crippen LogP contribution in [0.25, 0.3) is 11.1 Å². The van der Waals surface area contributed by atoms with Gasteiger partial charge in [0, 0.05) is 10.6 Å². The molecule has 2 N–H and O–H groups in total. The van der Waals surface area contributed by atoms with Gasteiger partial charge >= 0.3 is 6.18 Å². The quantitative estimate of drug-likeness (QED) is 0.885. The Bertz CT molecular complexity index is 591. The van der Waals surface area contributed by atoms with Gasteiger partial charge in [-0.15, -0.1) is 0 Å². The predicted octanol–water partition coefficient (Wildman–Crippen LogP) is 4.53. The lowest BCUT2D eigenvalue weighted by Gasteiger charge is -2.10. The molecule has 0 bridgehead atoms. The molecule has 20 heavy (non-hydrogen) atoms. The third-order valence-electron chi connectivity index (χ3n) is 2.99. The van der Waals surface area contributed by atoms with Crippen LogP contribution in [0.15, 0.2) is 42.5 Å². The van der Waals surface area contributed by atoms with Crippen LogP contribution in [-0.4, -0.2) is 6.54 Å². The van der Waals surface area contributed by atoms with Crippen LogP contribution in [0.2, 0.25) is 5.02 Å². The first-order valence-corrected chi connectivity index (χ1v) is 6.46. The molecule has 0 unspecified atom stereocenters. The van der Waals surface area contributed by atoms with Crippen LogP contribution in [0.5, 0.6) is 0 Å². The molecule has 0 radical (unpaired) electrons. The monoisotopic (exact) mass is 299 g/mol. The van der Waals surface area contributed by atoms with E-state index in [1.54, 1.807) is 12.1 Å². The van der Waals surface area contributed by atoms with Gasteiger partial charge in [0.2, 0.25) is 0 Å². The van der Waals surface area contributed by atoms with E-state index < -0.39 is 11.7 Å². The van der Waals surface area contributed by atoms with Crippen molar-refractivity contribution in [3.8, 4) is 11.1 Å². The summed E-state index contributed by atoms with van der Waals surface area (Å²) in [5.41, 5.74) is 7.17. The lowest BCUT2D eigenvalue weighted by molar-refractivity contribution is -0.137. The van der Waals surface area contributed by atoms with E-state index >= 15 is 0 Å². The summed E-state index contributed by atoms with van der Waals surface area (Å²) in [6, 6.07) is 10.4. The second-order valence-electron chi connectivity index (χ2n) is 4.43. The zero-order valence-corrected chi connectivity index (χ0v) is 11.3. The van der Waals surface area contributed by atoms with E-state index in [0.29, 0.717) is 29.1 Å². The Morgan fingerprint density at radius 1 is 1.00 bits per heavy atom. The maximum absolute atomic E-state index is 12.5. The van der Waals surface area contributed by atoms with E-state index in [0.717, 1.165) is 17.7 Å². The molecule has 0 amide bonds. The molecule has 2 aromatic carbocycles. The molecule has 0 fully saturated rings. The molecule has 0 saturated carbocycles. The van der Waals surface area contributed by atoms with Crippen LogP contribution < -0.4 is 5.73 Å². The summed E-state index contributed by atoms with van der Waals surface area (Å²) in [6.07, 6.45) is -3.61. The highest BCUT2D eigenvalue weighted by molar-refractivity contribution is 6.33. The molecule has 0 saturated heterocycles. The number of rotatable bonds is 3. The Hall–Kier alpha value is -1.52. The Balaban J connectivity index is 2.32. The number of benzene rings is 2. The Morgan fingerprint density at radius 2 is 1.65 bits per heavy atom. The van der Waals surface area contributed by atoms with E-state index in [4.69, 9.17) is 17.3 Å². The van der Waals surface area contributed by atoms with E-state index in [1.165, 1.54) is 12.1 Å². The molecule has 1 nitrogen and oxygen atoms in total. The van der Waals surface area contributed by atoms with E-state index in [-0.39, 0.29) is 0 Å². The molecular weight excluding hydrogens is 287 g/mol. The lowest BCUT2D eigenvalue weighted by atomic mass is 10.0. The summed E-state index contributed by atoms with van der Waals surface area (Å²) in [4.78, 5) is 0. The molecule has 2 rings (SSSR count). The van der Waals surface area contributed by atoms with Crippen molar-refractivity contribution in [3.63, 3.8) is 0 Å². The highest BCUT2D eigenvalue weighted by Crippen LogP contribution is 2.33. The van der Waals surface area contributed by atoms with Gasteiger partial charge in [-0.1, -0.05) is 35.9 Å². The third-order valence-corrected chi connectivity index (χ3v) is 3.30. The highest BCUT2D eigenvalue weighted by Gasteiger charge is 2.30. The molecule has 2 aromatic rings. The molecule has 106 valence electrons. The first-order valence-electron chi connectivity index (χ1n) is 6.08. The van der Waals surface area contributed by atoms with Crippen molar-refractivity contribution in [2.75, 3.05) is 6.54 Å². The SMILES string of the molecule is NCCc1ccc(-c2ccc(C(F)(F)F)cc2)c(Cl)c1. The maximum atomic E-state index is 12.5. The van der Waals surface area contributed by atoms with Crippen LogP contribution in [0.1, 0.15) is 11.1 Å². The van der Waals surface area contributed by atoms with Crippen molar-refractivity contribution in [2.45, 2.75) is 12.6 Å². The van der Waals surface area contributed by atoms with E-state index in [1.807, 2.05) is 6.07 Å². The van der Waals surface area contributed by atoms with Gasteiger partial charge < -0.3 is 5.73 Å². The van der Waals surface area contributed by atoms with Gasteiger partial charge in [0.1, 0.15) is 0 Å². The van der Waals surface area contributed by atoms with Gasteiger partial charge in [0.05, 0.1) is 5.56 Å². The topological polar surface area (TPSA) is 26.0 Å². The fourth-order valence-electron chi connectivity index (χ4n) is 1.95. The van der Waals surface area contributed by atoms with Gasteiger partial charge in [-0.05, 0) is 42.3 Å². The van der Waals surface area contributed by atoms with Gasteiger partial charge in [-0.3, -0.25) is 0 Å². The number of hydrogen-bond acceptors (Lipinski definition) is 1. The van der Waals surface area contributed by atoms with Gasteiger partial charge in [0.25, 0.3) is 0 Å². The smallest absolute Gasteiger partial charge is 0.330 e. The first-order chi connectivity index (χ1) is 9.41. The minimum Gasteiger partial charge on any atom is -0.330 e. The zero-order valence-electron chi connectivity index (χ0n) is 10.5. The van der Waals surface area contributed by atoms with Crippen LogP contribution in [0.3, 0.4) is 0 Å². The summed E-state index contributed by atoms with van der Waals surface area (Å²) >= 11 is 6.17. The summed E-state index contributed by atoms with van der Waals surface area (Å²) in [5.74, 6) is 0. The van der Waals surface area contributed by atoms with Crippen molar-refractivity contribution in [2.24, 2.45) is 5.73 Å². The third kappa shape index (κ3) is 3.32. The largest absolute Gasteiger partial charge is 0.416 e. The molecular formula is C15H13ClF3N. The normalized spacial score (nSPS) is 11.7. The van der Waals surface area contributed by atoms with Crippen molar-refractivity contribution < 1.29 is 13.2 Å². The van der Waals surface area contributed by atoms with Gasteiger partial charge in [-0.25, -0.2) is 0 Å². The second kappa shape index (κ2) is 5.85. The van der Waals surface area contributed by atoms with Crippen LogP contribution in [0.4, 0.5) is 13.2 Å². The highest BCUT2D eigenvalue weighted by atomic mass is 35.5. The molecule has 0 atom stereocenters. The molecule has 0 spiro atoms. The van der Waals surface area contributed by atoms with Crippen molar-refractivity contribution >= 4 is 11.6 Å². The van der Waals surface area contributed by atoms with Gasteiger partial charge in [-0.2, -0.15) is 13.2 Å². The predicted molar refractivity (Wildman–Crippen MR) is 74.6 cm³/mol. The fraction of sp³-hybridized carbons (Fsp3) is 0.200. The number of halogens is 4. The lowest BCUT2D eigenvalue weighted by Crippen LogP contribution is -2.04. The molecule has 0 heterocycles. The van der Waals surface area contributed by atoms with Crippen LogP contribution in [0, 0.1) is 0 Å².